The Balaban J connectivity index is 1.27. The number of hydrogen-bond acceptors (Lipinski definition) is 6. The van der Waals surface area contributed by atoms with Crippen LogP contribution in [0.3, 0.4) is 0 Å². The number of aromatic nitrogens is 2. The standard InChI is InChI=1S/C21H32N4O5/c1-16-18(14-22-23(16)2)20(27)25-6-4-21(5-7-25)13-17(3-10-30-21)29-15-19(26)24-8-11-28-12-9-24/h14,17H,3-13,15H2,1-2H3. The van der Waals surface area contributed by atoms with Crippen molar-refractivity contribution in [3.63, 3.8) is 0 Å². The summed E-state index contributed by atoms with van der Waals surface area (Å²) in [7, 11) is 1.84. The fourth-order valence-electron chi connectivity index (χ4n) is 4.56. The minimum absolute atomic E-state index is 0.0200. The lowest BCUT2D eigenvalue weighted by Gasteiger charge is -2.46. The molecule has 9 heteroatoms. The normalized spacial score (nSPS) is 24.3. The highest BCUT2D eigenvalue weighted by Crippen LogP contribution is 2.36. The second kappa shape index (κ2) is 9.03. The van der Waals surface area contributed by atoms with Crippen molar-refractivity contribution in [3.8, 4) is 0 Å². The summed E-state index contributed by atoms with van der Waals surface area (Å²) in [6, 6.07) is 0. The Labute approximate surface area is 177 Å². The second-order valence-electron chi connectivity index (χ2n) is 8.51. The van der Waals surface area contributed by atoms with E-state index in [0.717, 1.165) is 31.4 Å². The third-order valence-electron chi connectivity index (χ3n) is 6.68. The maximum atomic E-state index is 12.9. The van der Waals surface area contributed by atoms with Crippen molar-refractivity contribution >= 4 is 11.8 Å². The summed E-state index contributed by atoms with van der Waals surface area (Å²) in [6.45, 7) is 6.45. The molecule has 4 heterocycles. The zero-order chi connectivity index (χ0) is 21.1. The van der Waals surface area contributed by atoms with Gasteiger partial charge in [-0.3, -0.25) is 14.3 Å². The zero-order valence-corrected chi connectivity index (χ0v) is 18.0. The maximum absolute atomic E-state index is 12.9. The van der Waals surface area contributed by atoms with Gasteiger partial charge in [0.1, 0.15) is 6.61 Å². The zero-order valence-electron chi connectivity index (χ0n) is 18.0. The smallest absolute Gasteiger partial charge is 0.257 e. The monoisotopic (exact) mass is 420 g/mol. The molecule has 0 radical (unpaired) electrons. The highest BCUT2D eigenvalue weighted by atomic mass is 16.5. The summed E-state index contributed by atoms with van der Waals surface area (Å²) in [4.78, 5) is 28.9. The number of amides is 2. The number of carbonyl (C=O) groups is 2. The summed E-state index contributed by atoms with van der Waals surface area (Å²) < 4.78 is 19.2. The number of carbonyl (C=O) groups excluding carboxylic acids is 2. The molecule has 3 saturated heterocycles. The molecule has 0 N–H and O–H groups in total. The van der Waals surface area contributed by atoms with E-state index in [4.69, 9.17) is 14.2 Å². The van der Waals surface area contributed by atoms with Crippen LogP contribution in [0.15, 0.2) is 6.20 Å². The predicted octanol–water partition coefficient (Wildman–Crippen LogP) is 0.758. The predicted molar refractivity (Wildman–Crippen MR) is 108 cm³/mol. The number of rotatable bonds is 4. The van der Waals surface area contributed by atoms with Crippen LogP contribution in [0.25, 0.3) is 0 Å². The quantitative estimate of drug-likeness (QED) is 0.715. The molecule has 3 fully saturated rings. The molecule has 0 saturated carbocycles. The molecule has 1 unspecified atom stereocenters. The molecule has 2 amide bonds. The summed E-state index contributed by atoms with van der Waals surface area (Å²) in [5.74, 6) is 0.0706. The highest BCUT2D eigenvalue weighted by Gasteiger charge is 2.42. The van der Waals surface area contributed by atoms with Crippen molar-refractivity contribution in [1.29, 1.82) is 0 Å². The first kappa shape index (κ1) is 21.3. The van der Waals surface area contributed by atoms with Gasteiger partial charge in [0.2, 0.25) is 5.91 Å². The molecule has 1 spiro atoms. The number of morpholine rings is 1. The van der Waals surface area contributed by atoms with E-state index in [2.05, 4.69) is 5.10 Å². The Kier molecular flexibility index (Phi) is 6.40. The van der Waals surface area contributed by atoms with E-state index in [1.807, 2.05) is 23.8 Å². The van der Waals surface area contributed by atoms with Gasteiger partial charge in [-0.25, -0.2) is 0 Å². The third kappa shape index (κ3) is 4.53. The molecule has 0 bridgehead atoms. The SMILES string of the molecule is Cc1c(C(=O)N2CCC3(CC2)CC(OCC(=O)N2CCOCC2)CCO3)cnn1C. The average Bonchev–Trinajstić information content (AvgIpc) is 3.11. The van der Waals surface area contributed by atoms with E-state index >= 15 is 0 Å². The third-order valence-corrected chi connectivity index (χ3v) is 6.68. The van der Waals surface area contributed by atoms with Crippen LogP contribution < -0.4 is 0 Å². The van der Waals surface area contributed by atoms with Crippen LogP contribution in [0, 0.1) is 6.92 Å². The van der Waals surface area contributed by atoms with Crippen molar-refractivity contribution in [1.82, 2.24) is 19.6 Å². The number of piperidine rings is 1. The minimum atomic E-state index is -0.258. The van der Waals surface area contributed by atoms with E-state index < -0.39 is 0 Å². The number of hydrogen-bond donors (Lipinski definition) is 0. The largest absolute Gasteiger partial charge is 0.378 e. The first-order chi connectivity index (χ1) is 14.5. The summed E-state index contributed by atoms with van der Waals surface area (Å²) in [5, 5.41) is 4.18. The van der Waals surface area contributed by atoms with Crippen LogP contribution in [0.2, 0.25) is 0 Å². The number of aryl methyl sites for hydroxylation is 1. The molecule has 30 heavy (non-hydrogen) atoms. The van der Waals surface area contributed by atoms with Gasteiger partial charge in [-0.1, -0.05) is 0 Å². The van der Waals surface area contributed by atoms with Crippen molar-refractivity contribution in [2.24, 2.45) is 7.05 Å². The van der Waals surface area contributed by atoms with Crippen molar-refractivity contribution < 1.29 is 23.8 Å². The van der Waals surface area contributed by atoms with E-state index in [-0.39, 0.29) is 30.1 Å². The van der Waals surface area contributed by atoms with Crippen molar-refractivity contribution in [2.45, 2.75) is 44.3 Å². The first-order valence-electron chi connectivity index (χ1n) is 10.9. The molecular weight excluding hydrogens is 388 g/mol. The van der Waals surface area contributed by atoms with Crippen LogP contribution in [-0.2, 0) is 26.1 Å². The number of nitrogens with zero attached hydrogens (tertiary/aromatic N) is 4. The van der Waals surface area contributed by atoms with Gasteiger partial charge in [-0.15, -0.1) is 0 Å². The van der Waals surface area contributed by atoms with Crippen LogP contribution >= 0.6 is 0 Å². The Morgan fingerprint density at radius 3 is 2.57 bits per heavy atom. The molecule has 1 atom stereocenters. The van der Waals surface area contributed by atoms with Gasteiger partial charge in [0, 0.05) is 51.9 Å². The Morgan fingerprint density at radius 1 is 1.17 bits per heavy atom. The molecule has 3 aliphatic rings. The van der Waals surface area contributed by atoms with Gasteiger partial charge >= 0.3 is 0 Å². The van der Waals surface area contributed by atoms with E-state index in [0.29, 0.717) is 51.6 Å². The summed E-state index contributed by atoms with van der Waals surface area (Å²) in [5.41, 5.74) is 1.29. The molecule has 4 rings (SSSR count). The minimum Gasteiger partial charge on any atom is -0.378 e. The lowest BCUT2D eigenvalue weighted by molar-refractivity contribution is -0.163. The molecule has 166 valence electrons. The second-order valence-corrected chi connectivity index (χ2v) is 8.51. The molecule has 1 aromatic rings. The van der Waals surface area contributed by atoms with Gasteiger partial charge in [0.25, 0.3) is 5.91 Å². The Bertz CT molecular complexity index is 765. The molecule has 1 aromatic heterocycles. The van der Waals surface area contributed by atoms with Crippen LogP contribution in [0.5, 0.6) is 0 Å². The van der Waals surface area contributed by atoms with Crippen molar-refractivity contribution in [2.75, 3.05) is 52.6 Å². The van der Waals surface area contributed by atoms with Crippen LogP contribution in [-0.4, -0.2) is 95.7 Å². The molecular formula is C21H32N4O5. The Morgan fingerprint density at radius 2 is 1.90 bits per heavy atom. The van der Waals surface area contributed by atoms with Gasteiger partial charge in [0.05, 0.1) is 36.7 Å². The van der Waals surface area contributed by atoms with E-state index in [1.54, 1.807) is 10.9 Å². The van der Waals surface area contributed by atoms with E-state index in [1.165, 1.54) is 0 Å². The van der Waals surface area contributed by atoms with E-state index in [9.17, 15) is 9.59 Å². The molecule has 3 aliphatic heterocycles. The lowest BCUT2D eigenvalue weighted by Crippen LogP contribution is -2.52. The summed E-state index contributed by atoms with van der Waals surface area (Å²) in [6.07, 6.45) is 4.82. The number of likely N-dealkylation sites (tertiary alicyclic amines) is 1. The lowest BCUT2D eigenvalue weighted by atomic mass is 9.83. The fraction of sp³-hybridized carbons (Fsp3) is 0.762. The fourth-order valence-corrected chi connectivity index (χ4v) is 4.56. The molecule has 0 aliphatic carbocycles. The van der Waals surface area contributed by atoms with Crippen LogP contribution in [0.1, 0.15) is 41.7 Å². The first-order valence-corrected chi connectivity index (χ1v) is 10.9. The molecule has 9 nitrogen and oxygen atoms in total. The van der Waals surface area contributed by atoms with Crippen molar-refractivity contribution in [3.05, 3.63) is 17.5 Å². The Hall–Kier alpha value is -1.97. The summed E-state index contributed by atoms with van der Waals surface area (Å²) >= 11 is 0. The van der Waals surface area contributed by atoms with Gasteiger partial charge in [-0.05, 0) is 26.2 Å². The van der Waals surface area contributed by atoms with Gasteiger partial charge in [-0.2, -0.15) is 5.10 Å². The topological polar surface area (TPSA) is 86.1 Å². The average molecular weight is 421 g/mol. The molecule has 0 aromatic carbocycles. The van der Waals surface area contributed by atoms with Gasteiger partial charge < -0.3 is 24.0 Å². The maximum Gasteiger partial charge on any atom is 0.257 e. The van der Waals surface area contributed by atoms with Gasteiger partial charge in [0.15, 0.2) is 0 Å². The highest BCUT2D eigenvalue weighted by molar-refractivity contribution is 5.95. The van der Waals surface area contributed by atoms with Crippen LogP contribution in [0.4, 0.5) is 0 Å². The number of ether oxygens (including phenoxy) is 3.